The van der Waals surface area contributed by atoms with Crippen LogP contribution in [-0.2, 0) is 0 Å². The summed E-state index contributed by atoms with van der Waals surface area (Å²) in [5, 5.41) is 14.8. The van der Waals surface area contributed by atoms with Crippen LogP contribution in [-0.4, -0.2) is 35.2 Å². The Balaban J connectivity index is 1.71. The number of aliphatic hydroxyl groups excluding tert-OH is 1. The molecule has 2 N–H and O–H groups in total. The van der Waals surface area contributed by atoms with E-state index in [4.69, 9.17) is 0 Å². The molecule has 1 atom stereocenters. The maximum Gasteiger partial charge on any atom is 0.275 e. The molecule has 0 aliphatic carbocycles. The second-order valence-corrected chi connectivity index (χ2v) is 5.84. The van der Waals surface area contributed by atoms with Crippen LogP contribution in [0.3, 0.4) is 0 Å². The first-order chi connectivity index (χ1) is 10.3. The van der Waals surface area contributed by atoms with E-state index in [0.29, 0.717) is 5.69 Å². The Bertz CT molecular complexity index is 614. The first kappa shape index (κ1) is 14.0. The van der Waals surface area contributed by atoms with Gasteiger partial charge < -0.3 is 15.3 Å². The summed E-state index contributed by atoms with van der Waals surface area (Å²) >= 11 is 1.45. The monoisotopic (exact) mass is 303 g/mol. The molecule has 2 heterocycles. The topological polar surface area (TPSA) is 65.5 Å². The normalized spacial score (nSPS) is 18.0. The van der Waals surface area contributed by atoms with Crippen molar-refractivity contribution in [3.8, 4) is 0 Å². The van der Waals surface area contributed by atoms with E-state index in [9.17, 15) is 9.90 Å². The fourth-order valence-corrected chi connectivity index (χ4v) is 3.40. The van der Waals surface area contributed by atoms with Crippen molar-refractivity contribution in [2.24, 2.45) is 0 Å². The van der Waals surface area contributed by atoms with Crippen molar-refractivity contribution in [3.05, 3.63) is 41.4 Å². The predicted molar refractivity (Wildman–Crippen MR) is 84.0 cm³/mol. The third kappa shape index (κ3) is 3.06. The molecule has 1 fully saturated rings. The van der Waals surface area contributed by atoms with Crippen LogP contribution in [0.15, 0.2) is 35.7 Å². The van der Waals surface area contributed by atoms with Gasteiger partial charge in [-0.1, -0.05) is 18.2 Å². The molecule has 1 aliphatic heterocycles. The molecule has 110 valence electrons. The van der Waals surface area contributed by atoms with E-state index in [-0.39, 0.29) is 18.6 Å². The van der Waals surface area contributed by atoms with Gasteiger partial charge in [-0.25, -0.2) is 4.98 Å². The summed E-state index contributed by atoms with van der Waals surface area (Å²) in [6.07, 6.45) is 2.03. The lowest BCUT2D eigenvalue weighted by Gasteiger charge is -2.21. The summed E-state index contributed by atoms with van der Waals surface area (Å²) in [7, 11) is 0. The highest BCUT2D eigenvalue weighted by atomic mass is 32.1. The van der Waals surface area contributed by atoms with Gasteiger partial charge in [0.2, 0.25) is 0 Å². The molecule has 0 spiro atoms. The molecule has 5 nitrogen and oxygen atoms in total. The number of benzene rings is 1. The first-order valence-electron chi connectivity index (χ1n) is 6.97. The number of carbonyl (C=O) groups excluding carboxylic acids is 1. The van der Waals surface area contributed by atoms with Gasteiger partial charge in [0.05, 0.1) is 12.6 Å². The Labute approximate surface area is 127 Å². The zero-order valence-electron chi connectivity index (χ0n) is 11.5. The highest BCUT2D eigenvalue weighted by Crippen LogP contribution is 2.28. The third-order valence-electron chi connectivity index (χ3n) is 3.59. The quantitative estimate of drug-likeness (QED) is 0.910. The van der Waals surface area contributed by atoms with E-state index in [0.717, 1.165) is 30.2 Å². The molecular formula is C15H17N3O2S. The van der Waals surface area contributed by atoms with Crippen molar-refractivity contribution >= 4 is 28.1 Å². The number of thiazole rings is 1. The fraction of sp³-hybridized carbons (Fsp3) is 0.333. The molecule has 0 radical (unpaired) electrons. The van der Waals surface area contributed by atoms with Crippen LogP contribution in [0.2, 0.25) is 0 Å². The van der Waals surface area contributed by atoms with Crippen molar-refractivity contribution in [1.82, 2.24) is 4.98 Å². The minimum Gasteiger partial charge on any atom is -0.394 e. The van der Waals surface area contributed by atoms with Crippen LogP contribution in [0.4, 0.5) is 10.8 Å². The van der Waals surface area contributed by atoms with E-state index in [1.165, 1.54) is 11.3 Å². The van der Waals surface area contributed by atoms with Crippen molar-refractivity contribution in [3.63, 3.8) is 0 Å². The SMILES string of the molecule is O=C(Nc1ccccc1)c1csc(N2CCCC2CO)n1. The molecule has 3 rings (SSSR count). The molecule has 1 amide bonds. The molecule has 0 saturated carbocycles. The van der Waals surface area contributed by atoms with Gasteiger partial charge in [0.15, 0.2) is 5.13 Å². The summed E-state index contributed by atoms with van der Waals surface area (Å²) in [4.78, 5) is 18.7. The summed E-state index contributed by atoms with van der Waals surface area (Å²) in [5.41, 5.74) is 1.17. The van der Waals surface area contributed by atoms with E-state index in [1.54, 1.807) is 5.38 Å². The maximum absolute atomic E-state index is 12.2. The first-order valence-corrected chi connectivity index (χ1v) is 7.85. The van der Waals surface area contributed by atoms with Gasteiger partial charge >= 0.3 is 0 Å². The van der Waals surface area contributed by atoms with Gasteiger partial charge in [-0.3, -0.25) is 4.79 Å². The number of para-hydroxylation sites is 1. The summed E-state index contributed by atoms with van der Waals surface area (Å²) in [6, 6.07) is 9.46. The number of nitrogens with one attached hydrogen (secondary N) is 1. The highest BCUT2D eigenvalue weighted by molar-refractivity contribution is 7.14. The second-order valence-electron chi connectivity index (χ2n) is 5.01. The molecule has 21 heavy (non-hydrogen) atoms. The Kier molecular flexibility index (Phi) is 4.17. The van der Waals surface area contributed by atoms with E-state index >= 15 is 0 Å². The zero-order chi connectivity index (χ0) is 14.7. The van der Waals surface area contributed by atoms with Crippen molar-refractivity contribution in [1.29, 1.82) is 0 Å². The number of rotatable bonds is 4. The number of amides is 1. The van der Waals surface area contributed by atoms with Crippen LogP contribution in [0.1, 0.15) is 23.3 Å². The number of carbonyl (C=O) groups is 1. The number of anilines is 2. The average Bonchev–Trinajstić information content (AvgIpc) is 3.16. The molecule has 1 aromatic carbocycles. The third-order valence-corrected chi connectivity index (χ3v) is 4.47. The largest absolute Gasteiger partial charge is 0.394 e. The Hall–Kier alpha value is -1.92. The van der Waals surface area contributed by atoms with Crippen molar-refractivity contribution in [2.45, 2.75) is 18.9 Å². The van der Waals surface area contributed by atoms with Crippen LogP contribution in [0, 0.1) is 0 Å². The molecule has 1 aliphatic rings. The van der Waals surface area contributed by atoms with Gasteiger partial charge in [-0.15, -0.1) is 11.3 Å². The standard InChI is InChI=1S/C15H17N3O2S/c19-9-12-7-4-8-18(12)15-17-13(10-21-15)14(20)16-11-5-2-1-3-6-11/h1-3,5-6,10,12,19H,4,7-9H2,(H,16,20). The molecular weight excluding hydrogens is 286 g/mol. The second kappa shape index (κ2) is 6.24. The summed E-state index contributed by atoms with van der Waals surface area (Å²) in [6.45, 7) is 1.02. The highest BCUT2D eigenvalue weighted by Gasteiger charge is 2.26. The lowest BCUT2D eigenvalue weighted by Crippen LogP contribution is -2.32. The Morgan fingerprint density at radius 1 is 1.43 bits per heavy atom. The van der Waals surface area contributed by atoms with Crippen molar-refractivity contribution < 1.29 is 9.90 Å². The number of aliphatic hydroxyl groups is 1. The van der Waals surface area contributed by atoms with Crippen LogP contribution in [0.5, 0.6) is 0 Å². The predicted octanol–water partition coefficient (Wildman–Crippen LogP) is 2.36. The molecule has 1 unspecified atom stereocenters. The Morgan fingerprint density at radius 2 is 2.24 bits per heavy atom. The molecule has 0 bridgehead atoms. The average molecular weight is 303 g/mol. The fourth-order valence-electron chi connectivity index (χ4n) is 2.49. The molecule has 1 saturated heterocycles. The molecule has 6 heteroatoms. The van der Waals surface area contributed by atoms with Crippen LogP contribution in [0.25, 0.3) is 0 Å². The van der Waals surface area contributed by atoms with Gasteiger partial charge in [-0.05, 0) is 25.0 Å². The van der Waals surface area contributed by atoms with E-state index < -0.39 is 0 Å². The Morgan fingerprint density at radius 3 is 3.00 bits per heavy atom. The van der Waals surface area contributed by atoms with Gasteiger partial charge in [0, 0.05) is 17.6 Å². The minimum atomic E-state index is -0.205. The summed E-state index contributed by atoms with van der Waals surface area (Å²) < 4.78 is 0. The van der Waals surface area contributed by atoms with E-state index in [1.807, 2.05) is 30.3 Å². The number of hydrogen-bond acceptors (Lipinski definition) is 5. The van der Waals surface area contributed by atoms with Crippen molar-refractivity contribution in [2.75, 3.05) is 23.4 Å². The summed E-state index contributed by atoms with van der Waals surface area (Å²) in [5.74, 6) is -0.205. The van der Waals surface area contributed by atoms with E-state index in [2.05, 4.69) is 15.2 Å². The van der Waals surface area contributed by atoms with Gasteiger partial charge in [0.1, 0.15) is 5.69 Å². The number of aromatic nitrogens is 1. The van der Waals surface area contributed by atoms with Crippen LogP contribution >= 0.6 is 11.3 Å². The molecule has 2 aromatic rings. The van der Waals surface area contributed by atoms with Crippen LogP contribution < -0.4 is 10.2 Å². The minimum absolute atomic E-state index is 0.126. The number of nitrogens with zero attached hydrogens (tertiary/aromatic N) is 2. The maximum atomic E-state index is 12.2. The smallest absolute Gasteiger partial charge is 0.275 e. The molecule has 1 aromatic heterocycles. The van der Waals surface area contributed by atoms with Gasteiger partial charge in [-0.2, -0.15) is 0 Å². The zero-order valence-corrected chi connectivity index (χ0v) is 12.3. The van der Waals surface area contributed by atoms with Gasteiger partial charge in [0.25, 0.3) is 5.91 Å². The lowest BCUT2D eigenvalue weighted by molar-refractivity contribution is 0.102. The lowest BCUT2D eigenvalue weighted by atomic mass is 10.2. The number of hydrogen-bond donors (Lipinski definition) is 2.